The van der Waals surface area contributed by atoms with Crippen LogP contribution in [-0.2, 0) is 11.2 Å². The van der Waals surface area contributed by atoms with Crippen LogP contribution in [0.1, 0.15) is 11.4 Å². The highest BCUT2D eigenvalue weighted by Crippen LogP contribution is 2.25. The van der Waals surface area contributed by atoms with Crippen LogP contribution in [0.2, 0.25) is 5.02 Å². The highest BCUT2D eigenvalue weighted by Gasteiger charge is 2.10. The van der Waals surface area contributed by atoms with Crippen molar-refractivity contribution in [2.75, 3.05) is 0 Å². The molecular formula is C16H12ClNO2S. The summed E-state index contributed by atoms with van der Waals surface area (Å²) in [6.07, 6.45) is 0.855. The Morgan fingerprint density at radius 1 is 1.14 bits per heavy atom. The summed E-state index contributed by atoms with van der Waals surface area (Å²) >= 11 is 7.56. The normalized spacial score (nSPS) is 10.7. The molecule has 0 bridgehead atoms. The molecule has 21 heavy (non-hydrogen) atoms. The quantitative estimate of drug-likeness (QED) is 0.526. The van der Waals surface area contributed by atoms with Crippen LogP contribution in [0.3, 0.4) is 0 Å². The van der Waals surface area contributed by atoms with Crippen LogP contribution in [0.5, 0.6) is 5.75 Å². The minimum Gasteiger partial charge on any atom is -0.425 e. The molecule has 0 atom stereocenters. The van der Waals surface area contributed by atoms with Crippen LogP contribution in [0.25, 0.3) is 10.2 Å². The van der Waals surface area contributed by atoms with Crippen LogP contribution in [0, 0.1) is 0 Å². The summed E-state index contributed by atoms with van der Waals surface area (Å²) in [5.74, 6) is 0.0934. The van der Waals surface area contributed by atoms with E-state index in [0.29, 0.717) is 17.2 Å². The Morgan fingerprint density at radius 2 is 1.90 bits per heavy atom. The Labute approximate surface area is 131 Å². The number of aryl methyl sites for hydroxylation is 1. The van der Waals surface area contributed by atoms with E-state index in [1.165, 1.54) is 0 Å². The van der Waals surface area contributed by atoms with Crippen molar-refractivity contribution < 1.29 is 9.53 Å². The Hall–Kier alpha value is -1.91. The van der Waals surface area contributed by atoms with Gasteiger partial charge >= 0.3 is 5.97 Å². The van der Waals surface area contributed by atoms with Crippen molar-refractivity contribution >= 4 is 39.1 Å². The molecule has 106 valence electrons. The molecule has 1 heterocycles. The van der Waals surface area contributed by atoms with Gasteiger partial charge < -0.3 is 4.74 Å². The number of hydrogen-bond donors (Lipinski definition) is 0. The molecule has 0 N–H and O–H groups in total. The molecule has 0 aliphatic heterocycles. The van der Waals surface area contributed by atoms with Crippen molar-refractivity contribution in [3.63, 3.8) is 0 Å². The van der Waals surface area contributed by atoms with Gasteiger partial charge in [-0.15, -0.1) is 11.3 Å². The molecule has 0 spiro atoms. The van der Waals surface area contributed by atoms with E-state index in [-0.39, 0.29) is 12.4 Å². The van der Waals surface area contributed by atoms with Gasteiger partial charge in [0.1, 0.15) is 5.75 Å². The van der Waals surface area contributed by atoms with E-state index in [1.807, 2.05) is 24.3 Å². The topological polar surface area (TPSA) is 39.2 Å². The second-order valence-electron chi connectivity index (χ2n) is 4.48. The van der Waals surface area contributed by atoms with E-state index in [9.17, 15) is 4.79 Å². The third kappa shape index (κ3) is 3.40. The maximum Gasteiger partial charge on any atom is 0.311 e. The van der Waals surface area contributed by atoms with Gasteiger partial charge in [0.25, 0.3) is 0 Å². The van der Waals surface area contributed by atoms with Gasteiger partial charge in [0.05, 0.1) is 26.7 Å². The van der Waals surface area contributed by atoms with Crippen LogP contribution < -0.4 is 4.74 Å². The van der Waals surface area contributed by atoms with Crippen molar-refractivity contribution in [1.29, 1.82) is 0 Å². The monoisotopic (exact) mass is 317 g/mol. The molecule has 0 saturated carbocycles. The zero-order chi connectivity index (χ0) is 14.7. The summed E-state index contributed by atoms with van der Waals surface area (Å²) in [5.41, 5.74) is 0.969. The molecular weight excluding hydrogens is 306 g/mol. The van der Waals surface area contributed by atoms with E-state index < -0.39 is 0 Å². The van der Waals surface area contributed by atoms with Crippen molar-refractivity contribution in [3.05, 3.63) is 58.6 Å². The molecule has 0 aliphatic rings. The summed E-state index contributed by atoms with van der Waals surface area (Å²) < 4.78 is 6.38. The number of carbonyl (C=O) groups is 1. The second kappa shape index (κ2) is 6.24. The molecule has 5 heteroatoms. The van der Waals surface area contributed by atoms with E-state index in [0.717, 1.165) is 15.2 Å². The lowest BCUT2D eigenvalue weighted by Gasteiger charge is -2.04. The van der Waals surface area contributed by atoms with Crippen LogP contribution in [0.4, 0.5) is 0 Å². The zero-order valence-corrected chi connectivity index (χ0v) is 12.7. The largest absolute Gasteiger partial charge is 0.425 e. The van der Waals surface area contributed by atoms with Crippen LogP contribution in [0.15, 0.2) is 48.5 Å². The number of carbonyl (C=O) groups excluding carboxylic acids is 1. The van der Waals surface area contributed by atoms with Crippen molar-refractivity contribution in [2.24, 2.45) is 0 Å². The number of benzene rings is 2. The van der Waals surface area contributed by atoms with Crippen LogP contribution in [-0.4, -0.2) is 11.0 Å². The SMILES string of the molecule is O=C(CCc1nc2ccccc2s1)Oc1ccccc1Cl. The fraction of sp³-hybridized carbons (Fsp3) is 0.125. The Balaban J connectivity index is 1.62. The van der Waals surface area contributed by atoms with Gasteiger partial charge in [-0.25, -0.2) is 4.98 Å². The van der Waals surface area contributed by atoms with Gasteiger partial charge in [-0.3, -0.25) is 4.79 Å². The predicted octanol–water partition coefficient (Wildman–Crippen LogP) is 4.49. The number of halogens is 1. The molecule has 0 fully saturated rings. The average molecular weight is 318 g/mol. The first-order valence-corrected chi connectivity index (χ1v) is 7.71. The first-order valence-electron chi connectivity index (χ1n) is 6.52. The maximum absolute atomic E-state index is 11.8. The van der Waals surface area contributed by atoms with E-state index in [2.05, 4.69) is 4.98 Å². The molecule has 0 unspecified atom stereocenters. The first-order chi connectivity index (χ1) is 10.2. The van der Waals surface area contributed by atoms with E-state index in [4.69, 9.17) is 16.3 Å². The zero-order valence-electron chi connectivity index (χ0n) is 11.1. The minimum absolute atomic E-state index is 0.283. The van der Waals surface area contributed by atoms with Gasteiger partial charge in [-0.1, -0.05) is 35.9 Å². The number of rotatable bonds is 4. The number of nitrogens with zero attached hydrogens (tertiary/aromatic N) is 1. The lowest BCUT2D eigenvalue weighted by molar-refractivity contribution is -0.134. The van der Waals surface area contributed by atoms with E-state index >= 15 is 0 Å². The third-order valence-corrected chi connectivity index (χ3v) is 4.35. The van der Waals surface area contributed by atoms with Crippen molar-refractivity contribution in [2.45, 2.75) is 12.8 Å². The molecule has 0 amide bonds. The highest BCUT2D eigenvalue weighted by molar-refractivity contribution is 7.18. The Bertz CT molecular complexity index is 752. The number of thiazole rings is 1. The predicted molar refractivity (Wildman–Crippen MR) is 85.0 cm³/mol. The third-order valence-electron chi connectivity index (χ3n) is 2.94. The fourth-order valence-electron chi connectivity index (χ4n) is 1.94. The first kappa shape index (κ1) is 14.0. The van der Waals surface area contributed by atoms with Gasteiger partial charge in [0, 0.05) is 6.42 Å². The Kier molecular flexibility index (Phi) is 4.18. The summed E-state index contributed by atoms with van der Waals surface area (Å²) in [6, 6.07) is 14.9. The number of ether oxygens (including phenoxy) is 1. The second-order valence-corrected chi connectivity index (χ2v) is 6.00. The smallest absolute Gasteiger partial charge is 0.311 e. The molecule has 3 aromatic rings. The number of hydrogen-bond acceptors (Lipinski definition) is 4. The highest BCUT2D eigenvalue weighted by atomic mass is 35.5. The fourth-order valence-corrected chi connectivity index (χ4v) is 3.08. The summed E-state index contributed by atoms with van der Waals surface area (Å²) in [5, 5.41) is 1.37. The molecule has 1 aromatic heterocycles. The van der Waals surface area contributed by atoms with Gasteiger partial charge in [-0.05, 0) is 24.3 Å². The van der Waals surface area contributed by atoms with Crippen molar-refractivity contribution in [3.8, 4) is 5.75 Å². The lowest BCUT2D eigenvalue weighted by Crippen LogP contribution is -2.09. The minimum atomic E-state index is -0.303. The van der Waals surface area contributed by atoms with Gasteiger partial charge in [0.15, 0.2) is 0 Å². The molecule has 0 saturated heterocycles. The standard InChI is InChI=1S/C16H12ClNO2S/c17-11-5-1-3-7-13(11)20-16(19)10-9-15-18-12-6-2-4-8-14(12)21-15/h1-8H,9-10H2. The number of para-hydroxylation sites is 2. The van der Waals surface area contributed by atoms with Gasteiger partial charge in [-0.2, -0.15) is 0 Å². The van der Waals surface area contributed by atoms with E-state index in [1.54, 1.807) is 35.6 Å². The van der Waals surface area contributed by atoms with Crippen molar-refractivity contribution in [1.82, 2.24) is 4.98 Å². The Morgan fingerprint density at radius 3 is 2.71 bits per heavy atom. The molecule has 3 rings (SSSR count). The van der Waals surface area contributed by atoms with Crippen LogP contribution >= 0.6 is 22.9 Å². The number of fused-ring (bicyclic) bond motifs is 1. The maximum atomic E-state index is 11.8. The van der Waals surface area contributed by atoms with Gasteiger partial charge in [0.2, 0.25) is 0 Å². The molecule has 3 nitrogen and oxygen atoms in total. The summed E-state index contributed by atoms with van der Waals surface area (Å²) in [6.45, 7) is 0. The molecule has 2 aromatic carbocycles. The summed E-state index contributed by atoms with van der Waals surface area (Å²) in [4.78, 5) is 16.3. The summed E-state index contributed by atoms with van der Waals surface area (Å²) in [7, 11) is 0. The lowest BCUT2D eigenvalue weighted by atomic mass is 10.3. The number of aromatic nitrogens is 1. The average Bonchev–Trinajstić information content (AvgIpc) is 2.90. The molecule has 0 aliphatic carbocycles. The molecule has 0 radical (unpaired) electrons. The number of esters is 1.